The van der Waals surface area contributed by atoms with Crippen molar-refractivity contribution in [2.75, 3.05) is 18.8 Å². The molecule has 2 aromatic carbocycles. The Morgan fingerprint density at radius 2 is 1.93 bits per heavy atom. The minimum atomic E-state index is -0.621. The van der Waals surface area contributed by atoms with Crippen molar-refractivity contribution in [3.63, 3.8) is 0 Å². The van der Waals surface area contributed by atoms with Crippen LogP contribution >= 0.6 is 11.6 Å². The lowest BCUT2D eigenvalue weighted by molar-refractivity contribution is -0.383. The first-order valence-corrected chi connectivity index (χ1v) is 9.12. The van der Waals surface area contributed by atoms with E-state index in [-0.39, 0.29) is 28.0 Å². The Hall–Kier alpha value is -2.64. The summed E-state index contributed by atoms with van der Waals surface area (Å²) in [6.45, 7) is 2.63. The van der Waals surface area contributed by atoms with Crippen LogP contribution < -0.4 is 11.1 Å². The van der Waals surface area contributed by atoms with Gasteiger partial charge in [0.15, 0.2) is 0 Å². The number of piperidine rings is 1. The maximum absolute atomic E-state index is 12.5. The molecule has 1 aliphatic heterocycles. The summed E-state index contributed by atoms with van der Waals surface area (Å²) in [5.74, 6) is -0.412. The van der Waals surface area contributed by atoms with Crippen LogP contribution in [0.25, 0.3) is 0 Å². The summed E-state index contributed by atoms with van der Waals surface area (Å²) in [4.78, 5) is 25.3. The number of carbonyl (C=O) groups is 1. The van der Waals surface area contributed by atoms with Crippen LogP contribution in [0.3, 0.4) is 0 Å². The number of rotatable bonds is 5. The number of nitro groups is 1. The molecule has 1 aliphatic rings. The van der Waals surface area contributed by atoms with Gasteiger partial charge in [0.05, 0.1) is 15.5 Å². The number of carbonyl (C=O) groups excluding carboxylic acids is 1. The molecule has 0 bridgehead atoms. The fourth-order valence-corrected chi connectivity index (χ4v) is 3.51. The van der Waals surface area contributed by atoms with Gasteiger partial charge in [-0.05, 0) is 24.5 Å². The summed E-state index contributed by atoms with van der Waals surface area (Å²) >= 11 is 6.06. The summed E-state index contributed by atoms with van der Waals surface area (Å²) < 4.78 is 0. The molecule has 1 saturated heterocycles. The molecule has 27 heavy (non-hydrogen) atoms. The molecule has 3 N–H and O–H groups in total. The van der Waals surface area contributed by atoms with E-state index >= 15 is 0 Å². The van der Waals surface area contributed by atoms with Gasteiger partial charge >= 0.3 is 0 Å². The molecule has 0 aromatic heterocycles. The first kappa shape index (κ1) is 19.1. The predicted octanol–water partition coefficient (Wildman–Crippen LogP) is 3.22. The van der Waals surface area contributed by atoms with E-state index < -0.39 is 10.8 Å². The normalized spacial score (nSPS) is 15.4. The number of amides is 1. The quantitative estimate of drug-likeness (QED) is 0.465. The molecule has 3 rings (SSSR count). The topological polar surface area (TPSA) is 102 Å². The fraction of sp³-hybridized carbons (Fsp3) is 0.316. The van der Waals surface area contributed by atoms with Crippen LogP contribution in [0.1, 0.15) is 28.8 Å². The Morgan fingerprint density at radius 3 is 2.56 bits per heavy atom. The third-order valence-corrected chi connectivity index (χ3v) is 5.04. The van der Waals surface area contributed by atoms with E-state index in [1.54, 1.807) is 0 Å². The van der Waals surface area contributed by atoms with Crippen LogP contribution in [0.5, 0.6) is 0 Å². The number of benzene rings is 2. The highest BCUT2D eigenvalue weighted by molar-refractivity contribution is 6.34. The Labute approximate surface area is 162 Å². The van der Waals surface area contributed by atoms with Crippen LogP contribution in [0.4, 0.5) is 11.4 Å². The predicted molar refractivity (Wildman–Crippen MR) is 105 cm³/mol. The highest BCUT2D eigenvalue weighted by Gasteiger charge is 2.24. The molecular weight excluding hydrogens is 368 g/mol. The van der Waals surface area contributed by atoms with E-state index in [2.05, 4.69) is 22.3 Å². The third kappa shape index (κ3) is 4.75. The third-order valence-electron chi connectivity index (χ3n) is 4.73. The molecule has 0 spiro atoms. The van der Waals surface area contributed by atoms with E-state index in [9.17, 15) is 14.9 Å². The first-order chi connectivity index (χ1) is 12.9. The highest BCUT2D eigenvalue weighted by atomic mass is 35.5. The second-order valence-corrected chi connectivity index (χ2v) is 7.06. The van der Waals surface area contributed by atoms with E-state index in [0.29, 0.717) is 0 Å². The molecule has 8 heteroatoms. The number of halogens is 1. The zero-order valence-electron chi connectivity index (χ0n) is 14.7. The standard InChI is InChI=1S/C19H21ClN4O3/c20-16-11-17(21)18(24(26)27)10-15(16)19(25)22-14-6-8-23(9-7-14)12-13-4-2-1-3-5-13/h1-5,10-11,14H,6-9,12,21H2,(H,22,25). The number of anilines is 1. The van der Waals surface area contributed by atoms with Crippen LogP contribution in [0.2, 0.25) is 5.02 Å². The summed E-state index contributed by atoms with van der Waals surface area (Å²) in [6.07, 6.45) is 1.63. The number of nitrogens with one attached hydrogen (secondary N) is 1. The van der Waals surface area contributed by atoms with Crippen LogP contribution in [-0.2, 0) is 6.54 Å². The van der Waals surface area contributed by atoms with Gasteiger partial charge in [-0.1, -0.05) is 41.9 Å². The van der Waals surface area contributed by atoms with Crippen molar-refractivity contribution in [1.82, 2.24) is 10.2 Å². The lowest BCUT2D eigenvalue weighted by Gasteiger charge is -2.32. The summed E-state index contributed by atoms with van der Waals surface area (Å²) in [7, 11) is 0. The Bertz CT molecular complexity index is 836. The minimum Gasteiger partial charge on any atom is -0.393 e. The Balaban J connectivity index is 1.58. The van der Waals surface area contributed by atoms with E-state index in [1.807, 2.05) is 18.2 Å². The molecule has 1 fully saturated rings. The second kappa shape index (κ2) is 8.37. The van der Waals surface area contributed by atoms with Crippen molar-refractivity contribution in [2.45, 2.75) is 25.4 Å². The molecule has 0 atom stereocenters. The lowest BCUT2D eigenvalue weighted by Crippen LogP contribution is -2.44. The second-order valence-electron chi connectivity index (χ2n) is 6.66. The maximum Gasteiger partial charge on any atom is 0.293 e. The Kier molecular flexibility index (Phi) is 5.93. The summed E-state index contributed by atoms with van der Waals surface area (Å²) in [5, 5.41) is 14.1. The molecular formula is C19H21ClN4O3. The number of hydrogen-bond donors (Lipinski definition) is 2. The SMILES string of the molecule is Nc1cc(Cl)c(C(=O)NC2CCN(Cc3ccccc3)CC2)cc1[N+](=O)[O-]. The van der Waals surface area contributed by atoms with Gasteiger partial charge in [0.25, 0.3) is 11.6 Å². The number of nitrogens with zero attached hydrogens (tertiary/aromatic N) is 2. The first-order valence-electron chi connectivity index (χ1n) is 8.74. The lowest BCUT2D eigenvalue weighted by atomic mass is 10.0. The summed E-state index contributed by atoms with van der Waals surface area (Å²) in [6, 6.07) is 12.6. The molecule has 7 nitrogen and oxygen atoms in total. The number of hydrogen-bond acceptors (Lipinski definition) is 5. The van der Waals surface area contributed by atoms with E-state index in [0.717, 1.165) is 38.5 Å². The minimum absolute atomic E-state index is 0.0113. The van der Waals surface area contributed by atoms with Gasteiger partial charge in [0.1, 0.15) is 5.69 Å². The van der Waals surface area contributed by atoms with Gasteiger partial charge in [0, 0.05) is 31.7 Å². The smallest absolute Gasteiger partial charge is 0.293 e. The zero-order valence-corrected chi connectivity index (χ0v) is 15.5. The van der Waals surface area contributed by atoms with Gasteiger partial charge < -0.3 is 11.1 Å². The number of nitrogens with two attached hydrogens (primary N) is 1. The fourth-order valence-electron chi connectivity index (χ4n) is 3.25. The van der Waals surface area contributed by atoms with Gasteiger partial charge in [-0.2, -0.15) is 0 Å². The molecule has 1 heterocycles. The van der Waals surface area contributed by atoms with Gasteiger partial charge in [0.2, 0.25) is 0 Å². The van der Waals surface area contributed by atoms with Crippen molar-refractivity contribution in [3.05, 3.63) is 68.7 Å². The average molecular weight is 389 g/mol. The van der Waals surface area contributed by atoms with Gasteiger partial charge in [-0.25, -0.2) is 0 Å². The van der Waals surface area contributed by atoms with Crippen molar-refractivity contribution in [3.8, 4) is 0 Å². The van der Waals surface area contributed by atoms with Crippen molar-refractivity contribution in [1.29, 1.82) is 0 Å². The number of nitrogen functional groups attached to an aromatic ring is 1. The molecule has 0 unspecified atom stereocenters. The van der Waals surface area contributed by atoms with Crippen molar-refractivity contribution < 1.29 is 9.72 Å². The van der Waals surface area contributed by atoms with E-state index in [1.165, 1.54) is 11.6 Å². The largest absolute Gasteiger partial charge is 0.393 e. The van der Waals surface area contributed by atoms with Gasteiger partial charge in [-0.15, -0.1) is 0 Å². The van der Waals surface area contributed by atoms with Crippen molar-refractivity contribution >= 4 is 28.9 Å². The van der Waals surface area contributed by atoms with Crippen LogP contribution in [0, 0.1) is 10.1 Å². The van der Waals surface area contributed by atoms with Crippen LogP contribution in [0.15, 0.2) is 42.5 Å². The average Bonchev–Trinajstić information content (AvgIpc) is 2.64. The van der Waals surface area contributed by atoms with Crippen molar-refractivity contribution in [2.24, 2.45) is 0 Å². The summed E-state index contributed by atoms with van der Waals surface area (Å²) in [5.41, 5.74) is 6.55. The molecule has 0 saturated carbocycles. The van der Waals surface area contributed by atoms with Crippen LogP contribution in [-0.4, -0.2) is 34.9 Å². The molecule has 0 aliphatic carbocycles. The zero-order chi connectivity index (χ0) is 19.4. The molecule has 2 aromatic rings. The van der Waals surface area contributed by atoms with Gasteiger partial charge in [-0.3, -0.25) is 19.8 Å². The highest BCUT2D eigenvalue weighted by Crippen LogP contribution is 2.29. The molecule has 142 valence electrons. The number of likely N-dealkylation sites (tertiary alicyclic amines) is 1. The molecule has 1 amide bonds. The molecule has 0 radical (unpaired) electrons. The Morgan fingerprint density at radius 1 is 1.26 bits per heavy atom. The monoisotopic (exact) mass is 388 g/mol. The number of nitro benzene ring substituents is 1. The maximum atomic E-state index is 12.5. The van der Waals surface area contributed by atoms with E-state index in [4.69, 9.17) is 17.3 Å².